The lowest BCUT2D eigenvalue weighted by atomic mass is 9.62. The Kier molecular flexibility index (Phi) is 5.70. The molecule has 3 rings (SSSR count). The molecule has 0 aliphatic heterocycles. The van der Waals surface area contributed by atoms with Crippen LogP contribution < -0.4 is 14.2 Å². The molecule has 28 heavy (non-hydrogen) atoms. The number of hydrogen-bond acceptors (Lipinski definition) is 5. The van der Waals surface area contributed by atoms with Crippen LogP contribution in [-0.4, -0.2) is 41.6 Å². The van der Waals surface area contributed by atoms with Gasteiger partial charge in [0.25, 0.3) is 0 Å². The van der Waals surface area contributed by atoms with Gasteiger partial charge in [-0.05, 0) is 47.9 Å². The quantitative estimate of drug-likeness (QED) is 0.815. The summed E-state index contributed by atoms with van der Waals surface area (Å²) in [6.07, 6.45) is 10.3. The first-order valence-corrected chi connectivity index (χ1v) is 9.54. The van der Waals surface area contributed by atoms with Crippen LogP contribution in [0.2, 0.25) is 0 Å². The minimum atomic E-state index is -0.980. The average molecular weight is 386 g/mol. The fraction of sp³-hybridized carbons (Fsp3) is 0.500. The van der Waals surface area contributed by atoms with E-state index >= 15 is 0 Å². The summed E-state index contributed by atoms with van der Waals surface area (Å²) in [6, 6.07) is 3.82. The lowest BCUT2D eigenvalue weighted by Gasteiger charge is -2.48. The molecule has 0 radical (unpaired) electrons. The van der Waals surface area contributed by atoms with Gasteiger partial charge < -0.3 is 23.9 Å². The number of methoxy groups -OCH3 is 3. The first-order valence-electron chi connectivity index (χ1n) is 9.54. The van der Waals surface area contributed by atoms with E-state index in [2.05, 4.69) is 24.9 Å². The van der Waals surface area contributed by atoms with Crippen LogP contribution in [-0.2, 0) is 6.54 Å². The van der Waals surface area contributed by atoms with Gasteiger partial charge in [0.05, 0.1) is 34.2 Å². The molecule has 1 aliphatic rings. The van der Waals surface area contributed by atoms with Crippen molar-refractivity contribution in [1.82, 2.24) is 9.55 Å². The van der Waals surface area contributed by atoms with Crippen LogP contribution in [0.15, 0.2) is 36.4 Å². The van der Waals surface area contributed by atoms with Crippen LogP contribution in [0.4, 0.5) is 0 Å². The molecule has 6 nitrogen and oxygen atoms in total. The molecular formula is C22H30N2O4. The lowest BCUT2D eigenvalue weighted by molar-refractivity contribution is -0.0670. The van der Waals surface area contributed by atoms with E-state index in [0.29, 0.717) is 23.8 Å². The second-order valence-electron chi connectivity index (χ2n) is 7.96. The predicted octanol–water partition coefficient (Wildman–Crippen LogP) is 3.93. The van der Waals surface area contributed by atoms with Crippen LogP contribution in [0.3, 0.4) is 0 Å². The third kappa shape index (κ3) is 3.61. The molecule has 0 spiro atoms. The van der Waals surface area contributed by atoms with Gasteiger partial charge in [0.15, 0.2) is 11.5 Å². The molecule has 0 amide bonds. The molecular weight excluding hydrogens is 356 g/mol. The smallest absolute Gasteiger partial charge is 0.203 e. The molecule has 0 saturated heterocycles. The topological polar surface area (TPSA) is 65.7 Å². The number of ether oxygens (including phenoxy) is 3. The van der Waals surface area contributed by atoms with E-state index in [1.165, 1.54) is 0 Å². The maximum absolute atomic E-state index is 11.8. The zero-order chi connectivity index (χ0) is 20.4. The van der Waals surface area contributed by atoms with Crippen molar-refractivity contribution in [2.24, 2.45) is 5.41 Å². The second-order valence-corrected chi connectivity index (χ2v) is 7.96. The van der Waals surface area contributed by atoms with Crippen LogP contribution in [0.5, 0.6) is 17.2 Å². The summed E-state index contributed by atoms with van der Waals surface area (Å²) in [5.41, 5.74) is 0.673. The third-order valence-corrected chi connectivity index (χ3v) is 5.90. The summed E-state index contributed by atoms with van der Waals surface area (Å²) >= 11 is 0. The zero-order valence-corrected chi connectivity index (χ0v) is 17.4. The maximum atomic E-state index is 11.8. The van der Waals surface area contributed by atoms with Gasteiger partial charge in [0.1, 0.15) is 5.60 Å². The van der Waals surface area contributed by atoms with Crippen LogP contribution in [0, 0.1) is 5.41 Å². The van der Waals surface area contributed by atoms with Crippen molar-refractivity contribution >= 4 is 6.08 Å². The van der Waals surface area contributed by atoms with Gasteiger partial charge in [-0.1, -0.05) is 19.9 Å². The van der Waals surface area contributed by atoms with E-state index in [0.717, 1.165) is 30.4 Å². The summed E-state index contributed by atoms with van der Waals surface area (Å²) < 4.78 is 18.3. The highest BCUT2D eigenvalue weighted by molar-refractivity contribution is 5.64. The number of hydrogen-bond donors (Lipinski definition) is 1. The summed E-state index contributed by atoms with van der Waals surface area (Å²) in [5.74, 6) is 1.76. The van der Waals surface area contributed by atoms with Crippen LogP contribution in [0.25, 0.3) is 6.08 Å². The molecule has 0 bridgehead atoms. The fourth-order valence-electron chi connectivity index (χ4n) is 4.11. The largest absolute Gasteiger partial charge is 0.493 e. The van der Waals surface area contributed by atoms with E-state index in [1.807, 2.05) is 22.9 Å². The maximum Gasteiger partial charge on any atom is 0.203 e. The second kappa shape index (κ2) is 7.87. The van der Waals surface area contributed by atoms with Crippen molar-refractivity contribution in [1.29, 1.82) is 0 Å². The molecule has 1 saturated carbocycles. The molecule has 1 aliphatic carbocycles. The Morgan fingerprint density at radius 2 is 1.82 bits per heavy atom. The molecule has 1 unspecified atom stereocenters. The normalized spacial score (nSPS) is 22.9. The Bertz CT molecular complexity index is 817. The number of aliphatic hydroxyl groups is 1. The van der Waals surface area contributed by atoms with Crippen molar-refractivity contribution in [2.75, 3.05) is 21.3 Å². The third-order valence-electron chi connectivity index (χ3n) is 5.90. The highest BCUT2D eigenvalue weighted by Gasteiger charge is 2.48. The molecule has 2 aromatic rings. The van der Waals surface area contributed by atoms with Crippen molar-refractivity contribution in [3.63, 3.8) is 0 Å². The summed E-state index contributed by atoms with van der Waals surface area (Å²) in [5, 5.41) is 11.8. The predicted molar refractivity (Wildman–Crippen MR) is 109 cm³/mol. The number of imidazole rings is 1. The molecule has 1 fully saturated rings. The average Bonchev–Trinajstić information content (AvgIpc) is 3.17. The number of nitrogens with zero attached hydrogens (tertiary/aromatic N) is 2. The van der Waals surface area contributed by atoms with Gasteiger partial charge in [0, 0.05) is 12.4 Å². The van der Waals surface area contributed by atoms with E-state index in [4.69, 9.17) is 14.2 Å². The molecule has 6 heteroatoms. The van der Waals surface area contributed by atoms with E-state index in [-0.39, 0.29) is 5.41 Å². The summed E-state index contributed by atoms with van der Waals surface area (Å²) in [4.78, 5) is 4.13. The van der Waals surface area contributed by atoms with Crippen molar-refractivity contribution in [3.8, 4) is 17.2 Å². The van der Waals surface area contributed by atoms with Gasteiger partial charge in [-0.15, -0.1) is 0 Å². The van der Waals surface area contributed by atoms with Crippen LogP contribution >= 0.6 is 0 Å². The Morgan fingerprint density at radius 1 is 1.14 bits per heavy atom. The molecule has 1 aromatic carbocycles. The molecule has 1 atom stereocenters. The number of rotatable bonds is 6. The van der Waals surface area contributed by atoms with Gasteiger partial charge in [-0.25, -0.2) is 4.98 Å². The van der Waals surface area contributed by atoms with Gasteiger partial charge in [0.2, 0.25) is 5.75 Å². The zero-order valence-electron chi connectivity index (χ0n) is 17.4. The Morgan fingerprint density at radius 3 is 2.36 bits per heavy atom. The van der Waals surface area contributed by atoms with Crippen molar-refractivity contribution < 1.29 is 19.3 Å². The highest BCUT2D eigenvalue weighted by Crippen LogP contribution is 2.49. The van der Waals surface area contributed by atoms with Crippen molar-refractivity contribution in [3.05, 3.63) is 42.0 Å². The number of benzene rings is 1. The molecule has 152 valence electrons. The Hall–Kier alpha value is -2.47. The molecule has 1 N–H and O–H groups in total. The first-order chi connectivity index (χ1) is 13.3. The summed E-state index contributed by atoms with van der Waals surface area (Å²) in [7, 11) is 4.80. The Labute approximate surface area is 166 Å². The standard InChI is InChI=1S/C22H30N2O4/c1-21(2)8-6-7-17(22(21,25)14-24-10-9-23-15-24)11-16-12-18(26-3)20(28-5)19(13-16)27-4/h9-13,15,25H,6-8,14H2,1-5H3/b17-11+. The van der Waals surface area contributed by atoms with E-state index in [9.17, 15) is 5.11 Å². The highest BCUT2D eigenvalue weighted by atomic mass is 16.5. The minimum absolute atomic E-state index is 0.262. The van der Waals surface area contributed by atoms with Crippen molar-refractivity contribution in [2.45, 2.75) is 45.3 Å². The lowest BCUT2D eigenvalue weighted by Crippen LogP contribution is -2.51. The summed E-state index contributed by atoms with van der Waals surface area (Å²) in [6.45, 7) is 4.73. The monoisotopic (exact) mass is 386 g/mol. The fourth-order valence-corrected chi connectivity index (χ4v) is 4.11. The molecule has 1 heterocycles. The van der Waals surface area contributed by atoms with Gasteiger partial charge in [-0.3, -0.25) is 0 Å². The van der Waals surface area contributed by atoms with Crippen LogP contribution in [0.1, 0.15) is 38.7 Å². The van der Waals surface area contributed by atoms with E-state index in [1.54, 1.807) is 33.9 Å². The SMILES string of the molecule is COc1cc(/C=C2\CCCC(C)(C)C2(O)Cn2ccnc2)cc(OC)c1OC. The number of aromatic nitrogens is 2. The van der Waals surface area contributed by atoms with Gasteiger partial charge in [-0.2, -0.15) is 0 Å². The Balaban J connectivity index is 2.07. The molecule has 1 aromatic heterocycles. The minimum Gasteiger partial charge on any atom is -0.493 e. The first kappa shape index (κ1) is 20.3. The van der Waals surface area contributed by atoms with E-state index < -0.39 is 5.60 Å². The van der Waals surface area contributed by atoms with Gasteiger partial charge >= 0.3 is 0 Å².